The third-order valence-corrected chi connectivity index (χ3v) is 6.33. The maximum absolute atomic E-state index is 12.7. The van der Waals surface area contributed by atoms with E-state index in [-0.39, 0.29) is 11.8 Å². The molecule has 5 heterocycles. The number of hydrogen-bond acceptors (Lipinski definition) is 5. The lowest BCUT2D eigenvalue weighted by atomic mass is 9.83. The van der Waals surface area contributed by atoms with Crippen LogP contribution in [0.5, 0.6) is 0 Å². The molecule has 0 aromatic carbocycles. The standard InChI is InChI=1S/C21H24N6O3/c1-15(28)27-10-9-26-17(16-12-23-24(2)14-16)13-22-20(26)21(27)5-7-25(8-6-21)19(29)18-4-3-11-30-18/h3-4,11-14H,5-10H2,1-2H3. The molecule has 3 aromatic rings. The largest absolute Gasteiger partial charge is 0.459 e. The second kappa shape index (κ2) is 6.86. The van der Waals surface area contributed by atoms with Crippen LogP contribution in [-0.4, -0.2) is 60.6 Å². The second-order valence-electron chi connectivity index (χ2n) is 7.99. The first-order valence-electron chi connectivity index (χ1n) is 10.2. The second-order valence-corrected chi connectivity index (χ2v) is 7.99. The number of fused-ring (bicyclic) bond motifs is 2. The van der Waals surface area contributed by atoms with Crippen molar-refractivity contribution >= 4 is 11.8 Å². The van der Waals surface area contributed by atoms with Crippen LogP contribution >= 0.6 is 0 Å². The molecule has 30 heavy (non-hydrogen) atoms. The number of rotatable bonds is 2. The van der Waals surface area contributed by atoms with E-state index in [9.17, 15) is 9.59 Å². The Morgan fingerprint density at radius 2 is 1.93 bits per heavy atom. The SMILES string of the molecule is CC(=O)N1CCn2c(-c3cnn(C)c3)cnc2C12CCN(C(=O)c1ccco1)CC2. The van der Waals surface area contributed by atoms with Gasteiger partial charge in [0.1, 0.15) is 11.4 Å². The van der Waals surface area contributed by atoms with Gasteiger partial charge in [0.25, 0.3) is 5.91 Å². The number of imidazole rings is 1. The predicted molar refractivity (Wildman–Crippen MR) is 107 cm³/mol. The Kier molecular flexibility index (Phi) is 4.27. The summed E-state index contributed by atoms with van der Waals surface area (Å²) in [6, 6.07) is 3.40. The number of likely N-dealkylation sites (tertiary alicyclic amines) is 1. The van der Waals surface area contributed by atoms with Gasteiger partial charge in [0, 0.05) is 51.9 Å². The van der Waals surface area contributed by atoms with Crippen molar-refractivity contribution in [2.24, 2.45) is 7.05 Å². The van der Waals surface area contributed by atoms with E-state index in [0.29, 0.717) is 44.8 Å². The van der Waals surface area contributed by atoms with Crippen LogP contribution in [0.3, 0.4) is 0 Å². The summed E-state index contributed by atoms with van der Waals surface area (Å²) in [5.74, 6) is 1.17. The van der Waals surface area contributed by atoms with E-state index >= 15 is 0 Å². The topological polar surface area (TPSA) is 89.4 Å². The lowest BCUT2D eigenvalue weighted by Crippen LogP contribution is -2.59. The first-order chi connectivity index (χ1) is 14.5. The Morgan fingerprint density at radius 1 is 1.13 bits per heavy atom. The average Bonchev–Trinajstić information content (AvgIpc) is 3.49. The number of furan rings is 1. The van der Waals surface area contributed by atoms with Crippen LogP contribution in [0.2, 0.25) is 0 Å². The van der Waals surface area contributed by atoms with Gasteiger partial charge in [-0.2, -0.15) is 5.10 Å². The van der Waals surface area contributed by atoms with E-state index in [2.05, 4.69) is 9.67 Å². The number of carbonyl (C=O) groups is 2. The Balaban J connectivity index is 1.48. The molecule has 5 rings (SSSR count). The molecule has 2 amide bonds. The van der Waals surface area contributed by atoms with Gasteiger partial charge in [-0.15, -0.1) is 0 Å². The molecule has 0 aliphatic carbocycles. The summed E-state index contributed by atoms with van der Waals surface area (Å²) in [6.45, 7) is 4.01. The summed E-state index contributed by atoms with van der Waals surface area (Å²) in [5.41, 5.74) is 1.51. The van der Waals surface area contributed by atoms with Crippen LogP contribution in [0, 0.1) is 0 Å². The molecule has 1 spiro atoms. The lowest BCUT2D eigenvalue weighted by molar-refractivity contribution is -0.140. The summed E-state index contributed by atoms with van der Waals surface area (Å²) in [6.07, 6.45) is 8.47. The molecule has 0 atom stereocenters. The highest BCUT2D eigenvalue weighted by Crippen LogP contribution is 2.42. The van der Waals surface area contributed by atoms with Crippen LogP contribution in [0.25, 0.3) is 11.3 Å². The monoisotopic (exact) mass is 408 g/mol. The van der Waals surface area contributed by atoms with E-state index in [1.54, 1.807) is 28.6 Å². The van der Waals surface area contributed by atoms with E-state index < -0.39 is 5.54 Å². The van der Waals surface area contributed by atoms with Crippen molar-refractivity contribution in [1.82, 2.24) is 29.1 Å². The molecule has 1 saturated heterocycles. The molecule has 156 valence electrons. The van der Waals surface area contributed by atoms with Crippen molar-refractivity contribution in [3.05, 3.63) is 48.6 Å². The van der Waals surface area contributed by atoms with E-state index in [0.717, 1.165) is 17.1 Å². The molecule has 9 heteroatoms. The molecule has 2 aliphatic heterocycles. The molecular formula is C21H24N6O3. The minimum atomic E-state index is -0.509. The smallest absolute Gasteiger partial charge is 0.289 e. The van der Waals surface area contributed by atoms with Crippen LogP contribution in [0.4, 0.5) is 0 Å². The van der Waals surface area contributed by atoms with Gasteiger partial charge in [-0.25, -0.2) is 4.98 Å². The third kappa shape index (κ3) is 2.76. The zero-order valence-electron chi connectivity index (χ0n) is 17.1. The first-order valence-corrected chi connectivity index (χ1v) is 10.2. The fourth-order valence-corrected chi connectivity index (χ4v) is 4.88. The van der Waals surface area contributed by atoms with Gasteiger partial charge >= 0.3 is 0 Å². The summed E-state index contributed by atoms with van der Waals surface area (Å²) in [4.78, 5) is 33.8. The average molecular weight is 408 g/mol. The van der Waals surface area contributed by atoms with E-state index in [1.165, 1.54) is 6.26 Å². The van der Waals surface area contributed by atoms with Crippen LogP contribution in [-0.2, 0) is 23.9 Å². The molecular weight excluding hydrogens is 384 g/mol. The summed E-state index contributed by atoms with van der Waals surface area (Å²) < 4.78 is 9.26. The van der Waals surface area contributed by atoms with Gasteiger partial charge in [-0.3, -0.25) is 14.3 Å². The number of piperidine rings is 1. The summed E-state index contributed by atoms with van der Waals surface area (Å²) in [5, 5.41) is 4.28. The predicted octanol–water partition coefficient (Wildman–Crippen LogP) is 1.87. The minimum Gasteiger partial charge on any atom is -0.459 e. The maximum atomic E-state index is 12.7. The molecule has 0 bridgehead atoms. The van der Waals surface area contributed by atoms with Gasteiger partial charge in [0.05, 0.1) is 24.4 Å². The Hall–Kier alpha value is -3.36. The van der Waals surface area contributed by atoms with Crippen molar-refractivity contribution in [3.63, 3.8) is 0 Å². The molecule has 2 aliphatic rings. The number of amides is 2. The number of aromatic nitrogens is 4. The van der Waals surface area contributed by atoms with Crippen molar-refractivity contribution in [2.75, 3.05) is 19.6 Å². The first kappa shape index (κ1) is 18.7. The van der Waals surface area contributed by atoms with Gasteiger partial charge in [-0.1, -0.05) is 0 Å². The fraction of sp³-hybridized carbons (Fsp3) is 0.429. The van der Waals surface area contributed by atoms with Gasteiger partial charge in [-0.05, 0) is 25.0 Å². The Bertz CT molecular complexity index is 1090. The molecule has 0 saturated carbocycles. The van der Waals surface area contributed by atoms with Gasteiger partial charge in [0.15, 0.2) is 5.76 Å². The van der Waals surface area contributed by atoms with Gasteiger partial charge in [0.2, 0.25) is 5.91 Å². The zero-order valence-corrected chi connectivity index (χ0v) is 17.1. The lowest BCUT2D eigenvalue weighted by Gasteiger charge is -2.50. The number of carbonyl (C=O) groups excluding carboxylic acids is 2. The zero-order chi connectivity index (χ0) is 20.9. The van der Waals surface area contributed by atoms with E-state index in [1.807, 2.05) is 30.5 Å². The third-order valence-electron chi connectivity index (χ3n) is 6.33. The quantitative estimate of drug-likeness (QED) is 0.646. The van der Waals surface area contributed by atoms with E-state index in [4.69, 9.17) is 9.40 Å². The van der Waals surface area contributed by atoms with Crippen molar-refractivity contribution in [2.45, 2.75) is 31.8 Å². The normalized spacial score (nSPS) is 17.9. The van der Waals surface area contributed by atoms with Crippen LogP contribution in [0.15, 0.2) is 41.4 Å². The molecule has 3 aromatic heterocycles. The number of aryl methyl sites for hydroxylation is 1. The fourth-order valence-electron chi connectivity index (χ4n) is 4.88. The molecule has 1 fully saturated rings. The van der Waals surface area contributed by atoms with Crippen molar-refractivity contribution in [3.8, 4) is 11.3 Å². The number of hydrogen-bond donors (Lipinski definition) is 0. The van der Waals surface area contributed by atoms with Crippen LogP contribution < -0.4 is 0 Å². The highest BCUT2D eigenvalue weighted by atomic mass is 16.3. The molecule has 9 nitrogen and oxygen atoms in total. The molecule has 0 unspecified atom stereocenters. The maximum Gasteiger partial charge on any atom is 0.289 e. The Labute approximate surface area is 173 Å². The van der Waals surface area contributed by atoms with Crippen molar-refractivity contribution in [1.29, 1.82) is 0 Å². The molecule has 0 N–H and O–H groups in total. The summed E-state index contributed by atoms with van der Waals surface area (Å²) >= 11 is 0. The van der Waals surface area contributed by atoms with Crippen LogP contribution in [0.1, 0.15) is 36.1 Å². The Morgan fingerprint density at radius 3 is 2.57 bits per heavy atom. The summed E-state index contributed by atoms with van der Waals surface area (Å²) in [7, 11) is 1.89. The van der Waals surface area contributed by atoms with Crippen molar-refractivity contribution < 1.29 is 14.0 Å². The minimum absolute atomic E-state index is 0.0398. The molecule has 0 radical (unpaired) electrons. The highest BCUT2D eigenvalue weighted by Gasteiger charge is 2.49. The van der Waals surface area contributed by atoms with Gasteiger partial charge < -0.3 is 18.8 Å². The highest BCUT2D eigenvalue weighted by molar-refractivity contribution is 5.91. The number of nitrogens with zero attached hydrogens (tertiary/aromatic N) is 6.